The molecule has 8 nitrogen and oxygen atoms in total. The van der Waals surface area contributed by atoms with Gasteiger partial charge in [0, 0.05) is 46.2 Å². The number of hydrogen-bond donors (Lipinski definition) is 1. The molecule has 1 aliphatic rings. The quantitative estimate of drug-likeness (QED) is 0.177. The Morgan fingerprint density at radius 1 is 1.14 bits per heavy atom. The summed E-state index contributed by atoms with van der Waals surface area (Å²) in [5.74, 6) is 1.09. The smallest absolute Gasteiger partial charge is 0.305 e. The number of nitrogens with zero attached hydrogens (tertiary/aromatic N) is 3. The van der Waals surface area contributed by atoms with E-state index in [9.17, 15) is 9.59 Å². The van der Waals surface area contributed by atoms with Gasteiger partial charge in [-0.3, -0.25) is 14.6 Å². The molecule has 29 heavy (non-hydrogen) atoms. The fourth-order valence-corrected chi connectivity index (χ4v) is 3.19. The Balaban J connectivity index is 0.00000420. The summed E-state index contributed by atoms with van der Waals surface area (Å²) in [7, 11) is 1.78. The average Bonchev–Trinajstić information content (AvgIpc) is 3.25. The number of halogens is 1. The highest BCUT2D eigenvalue weighted by Crippen LogP contribution is 2.10. The van der Waals surface area contributed by atoms with E-state index >= 15 is 0 Å². The molecule has 1 fully saturated rings. The lowest BCUT2D eigenvalue weighted by Crippen LogP contribution is -2.53. The Hall–Kier alpha value is -1.78. The largest absolute Gasteiger partial charge is 0.466 e. The van der Waals surface area contributed by atoms with Gasteiger partial charge in [-0.2, -0.15) is 0 Å². The van der Waals surface area contributed by atoms with Crippen molar-refractivity contribution in [2.45, 2.75) is 39.0 Å². The summed E-state index contributed by atoms with van der Waals surface area (Å²) in [6, 6.07) is 3.42. The lowest BCUT2D eigenvalue weighted by atomic mass is 10.1. The second-order valence-electron chi connectivity index (χ2n) is 6.70. The maximum Gasteiger partial charge on any atom is 0.305 e. The van der Waals surface area contributed by atoms with E-state index in [1.165, 1.54) is 6.26 Å². The summed E-state index contributed by atoms with van der Waals surface area (Å²) >= 11 is 0. The molecule has 1 aromatic heterocycles. The Morgan fingerprint density at radius 2 is 1.83 bits per heavy atom. The van der Waals surface area contributed by atoms with Crippen LogP contribution in [-0.4, -0.2) is 74.0 Å². The van der Waals surface area contributed by atoms with Gasteiger partial charge in [0.15, 0.2) is 11.7 Å². The van der Waals surface area contributed by atoms with Crippen LogP contribution in [0, 0.1) is 0 Å². The molecule has 164 valence electrons. The molecule has 0 aliphatic carbocycles. The first-order chi connectivity index (χ1) is 13.7. The van der Waals surface area contributed by atoms with Crippen molar-refractivity contribution in [3.8, 4) is 0 Å². The summed E-state index contributed by atoms with van der Waals surface area (Å²) in [6.07, 6.45) is 6.01. The molecule has 0 aromatic carbocycles. The highest BCUT2D eigenvalue weighted by atomic mass is 127. The van der Waals surface area contributed by atoms with Crippen molar-refractivity contribution < 1.29 is 18.7 Å². The SMILES string of the molecule is CCOC(=O)CCCCCCNC(=NC)N1CCN(C(=O)c2ccco2)CC1.I. The molecular formula is C20H33IN4O4. The van der Waals surface area contributed by atoms with E-state index in [1.54, 1.807) is 19.2 Å². The molecule has 0 radical (unpaired) electrons. The maximum absolute atomic E-state index is 12.3. The molecule has 1 aromatic rings. The number of carbonyl (C=O) groups excluding carboxylic acids is 2. The zero-order valence-corrected chi connectivity index (χ0v) is 19.7. The van der Waals surface area contributed by atoms with Crippen LogP contribution in [0.4, 0.5) is 0 Å². The lowest BCUT2D eigenvalue weighted by molar-refractivity contribution is -0.143. The highest BCUT2D eigenvalue weighted by molar-refractivity contribution is 14.0. The molecule has 0 spiro atoms. The Morgan fingerprint density at radius 3 is 2.45 bits per heavy atom. The minimum Gasteiger partial charge on any atom is -0.466 e. The molecule has 9 heteroatoms. The van der Waals surface area contributed by atoms with Crippen molar-refractivity contribution in [2.24, 2.45) is 4.99 Å². The van der Waals surface area contributed by atoms with Gasteiger partial charge in [0.25, 0.3) is 5.91 Å². The van der Waals surface area contributed by atoms with Crippen LogP contribution in [-0.2, 0) is 9.53 Å². The van der Waals surface area contributed by atoms with Gasteiger partial charge in [0.05, 0.1) is 12.9 Å². The number of furan rings is 1. The van der Waals surface area contributed by atoms with Crippen LogP contribution in [0.3, 0.4) is 0 Å². The normalized spacial score (nSPS) is 14.3. The minimum absolute atomic E-state index is 0. The zero-order valence-electron chi connectivity index (χ0n) is 17.4. The van der Waals surface area contributed by atoms with Gasteiger partial charge in [-0.25, -0.2) is 0 Å². The summed E-state index contributed by atoms with van der Waals surface area (Å²) in [4.78, 5) is 31.9. The number of piperazine rings is 1. The van der Waals surface area contributed by atoms with Crippen LogP contribution in [0.1, 0.15) is 49.6 Å². The average molecular weight is 520 g/mol. The van der Waals surface area contributed by atoms with Gasteiger partial charge in [-0.15, -0.1) is 24.0 Å². The number of hydrogen-bond acceptors (Lipinski definition) is 5. The summed E-state index contributed by atoms with van der Waals surface area (Å²) in [5.41, 5.74) is 0. The van der Waals surface area contributed by atoms with Crippen LogP contribution in [0.25, 0.3) is 0 Å². The molecule has 1 saturated heterocycles. The molecule has 0 bridgehead atoms. The van der Waals surface area contributed by atoms with Gasteiger partial charge < -0.3 is 24.3 Å². The third-order valence-electron chi connectivity index (χ3n) is 4.71. The van der Waals surface area contributed by atoms with Crippen LogP contribution in [0.5, 0.6) is 0 Å². The fraction of sp³-hybridized carbons (Fsp3) is 0.650. The molecular weight excluding hydrogens is 487 g/mol. The van der Waals surface area contributed by atoms with Crippen molar-refractivity contribution in [3.63, 3.8) is 0 Å². The lowest BCUT2D eigenvalue weighted by Gasteiger charge is -2.36. The number of ether oxygens (including phenoxy) is 1. The van der Waals surface area contributed by atoms with Crippen molar-refractivity contribution >= 4 is 41.8 Å². The first-order valence-electron chi connectivity index (χ1n) is 10.1. The third kappa shape index (κ3) is 8.63. The second kappa shape index (κ2) is 14.2. The maximum atomic E-state index is 12.3. The number of rotatable bonds is 9. The van der Waals surface area contributed by atoms with Crippen LogP contribution in [0.2, 0.25) is 0 Å². The van der Waals surface area contributed by atoms with Crippen molar-refractivity contribution in [1.29, 1.82) is 0 Å². The summed E-state index contributed by atoms with van der Waals surface area (Å²) in [6.45, 7) is 5.90. The van der Waals surface area contributed by atoms with E-state index in [0.29, 0.717) is 31.9 Å². The van der Waals surface area contributed by atoms with E-state index in [-0.39, 0.29) is 35.9 Å². The number of carbonyl (C=O) groups is 2. The molecule has 2 heterocycles. The Labute approximate surface area is 190 Å². The molecule has 0 saturated carbocycles. The second-order valence-corrected chi connectivity index (χ2v) is 6.70. The number of esters is 1. The van der Waals surface area contributed by atoms with E-state index < -0.39 is 0 Å². The van der Waals surface area contributed by atoms with E-state index in [2.05, 4.69) is 15.2 Å². The number of unbranched alkanes of at least 4 members (excludes halogenated alkanes) is 3. The number of guanidine groups is 1. The first-order valence-corrected chi connectivity index (χ1v) is 10.1. The van der Waals surface area contributed by atoms with Crippen molar-refractivity contribution in [3.05, 3.63) is 24.2 Å². The summed E-state index contributed by atoms with van der Waals surface area (Å²) in [5, 5.41) is 3.39. The summed E-state index contributed by atoms with van der Waals surface area (Å²) < 4.78 is 10.1. The number of nitrogens with one attached hydrogen (secondary N) is 1. The highest BCUT2D eigenvalue weighted by Gasteiger charge is 2.24. The monoisotopic (exact) mass is 520 g/mol. The van der Waals surface area contributed by atoms with E-state index in [1.807, 2.05) is 11.8 Å². The Kier molecular flexibility index (Phi) is 12.4. The van der Waals surface area contributed by atoms with Gasteiger partial charge in [0.2, 0.25) is 0 Å². The predicted molar refractivity (Wildman–Crippen MR) is 123 cm³/mol. The van der Waals surface area contributed by atoms with Gasteiger partial charge >= 0.3 is 5.97 Å². The van der Waals surface area contributed by atoms with Gasteiger partial charge in [0.1, 0.15) is 0 Å². The molecule has 2 rings (SSSR count). The van der Waals surface area contributed by atoms with Gasteiger partial charge in [-0.1, -0.05) is 12.8 Å². The topological polar surface area (TPSA) is 87.4 Å². The van der Waals surface area contributed by atoms with Crippen molar-refractivity contribution in [1.82, 2.24) is 15.1 Å². The van der Waals surface area contributed by atoms with Crippen LogP contribution in [0.15, 0.2) is 27.8 Å². The fourth-order valence-electron chi connectivity index (χ4n) is 3.19. The molecule has 1 N–H and O–H groups in total. The standard InChI is InChI=1S/C20H32N4O4.HI/c1-3-27-18(25)10-6-4-5-7-11-22-20(21-2)24-14-12-23(13-15-24)19(26)17-9-8-16-28-17;/h8-9,16H,3-7,10-15H2,1-2H3,(H,21,22);1H. The van der Waals surface area contributed by atoms with E-state index in [4.69, 9.17) is 9.15 Å². The molecule has 1 aliphatic heterocycles. The third-order valence-corrected chi connectivity index (χ3v) is 4.71. The number of aliphatic imine (C=N–C) groups is 1. The predicted octanol–water partition coefficient (Wildman–Crippen LogP) is 2.74. The Bertz CT molecular complexity index is 628. The van der Waals surface area contributed by atoms with E-state index in [0.717, 1.165) is 51.3 Å². The first kappa shape index (κ1) is 25.3. The minimum atomic E-state index is -0.106. The molecule has 0 unspecified atom stereocenters. The van der Waals surface area contributed by atoms with Crippen molar-refractivity contribution in [2.75, 3.05) is 46.4 Å². The zero-order chi connectivity index (χ0) is 20.2. The molecule has 1 amide bonds. The van der Waals surface area contributed by atoms with Gasteiger partial charge in [-0.05, 0) is 31.9 Å². The van der Waals surface area contributed by atoms with Crippen LogP contribution >= 0.6 is 24.0 Å². The van der Waals surface area contributed by atoms with Crippen LogP contribution < -0.4 is 5.32 Å². The number of amides is 1. The molecule has 0 atom stereocenters.